The first-order valence-corrected chi connectivity index (χ1v) is 11.3. The van der Waals surface area contributed by atoms with Crippen LogP contribution >= 0.6 is 0 Å². The maximum absolute atomic E-state index is 11.6. The fraction of sp³-hybridized carbons (Fsp3) is 0.435. The van der Waals surface area contributed by atoms with Crippen molar-refractivity contribution in [1.82, 2.24) is 4.90 Å². The molecule has 0 radical (unpaired) electrons. The van der Waals surface area contributed by atoms with Crippen LogP contribution in [0, 0.1) is 26.1 Å². The molecule has 2 aliphatic heterocycles. The second kappa shape index (κ2) is 7.13. The van der Waals surface area contributed by atoms with Crippen molar-refractivity contribution >= 4 is 22.8 Å². The molecule has 2 aromatic carbocycles. The van der Waals surface area contributed by atoms with Crippen molar-refractivity contribution in [2.45, 2.75) is 43.2 Å². The Labute approximate surface area is 194 Å². The Morgan fingerprint density at radius 1 is 1.24 bits per heavy atom. The van der Waals surface area contributed by atoms with Gasteiger partial charge in [-0.1, -0.05) is 12.1 Å². The molecule has 6 rings (SSSR count). The van der Waals surface area contributed by atoms with Gasteiger partial charge in [-0.05, 0) is 62.9 Å². The first-order chi connectivity index (χ1) is 16.3. The van der Waals surface area contributed by atoms with E-state index >= 15 is 0 Å². The molecular formula is C23H23N5O6. The van der Waals surface area contributed by atoms with Crippen LogP contribution in [0.3, 0.4) is 0 Å². The normalized spacial score (nSPS) is 29.9. The summed E-state index contributed by atoms with van der Waals surface area (Å²) in [6.45, 7) is 0.895. The highest BCUT2D eigenvalue weighted by molar-refractivity contribution is 5.94. The highest BCUT2D eigenvalue weighted by atomic mass is 16.6. The van der Waals surface area contributed by atoms with Crippen molar-refractivity contribution < 1.29 is 19.7 Å². The van der Waals surface area contributed by atoms with Crippen LogP contribution in [-0.4, -0.2) is 51.3 Å². The number of rotatable bonds is 4. The van der Waals surface area contributed by atoms with Crippen LogP contribution in [0.5, 0.6) is 11.5 Å². The van der Waals surface area contributed by atoms with E-state index in [-0.39, 0.29) is 16.9 Å². The molecule has 0 aromatic heterocycles. The molecule has 34 heavy (non-hydrogen) atoms. The van der Waals surface area contributed by atoms with Crippen LogP contribution in [0.25, 0.3) is 0 Å². The number of anilines is 1. The summed E-state index contributed by atoms with van der Waals surface area (Å²) in [5, 5.41) is 38.0. The van der Waals surface area contributed by atoms with Gasteiger partial charge in [0, 0.05) is 23.1 Å². The summed E-state index contributed by atoms with van der Waals surface area (Å²) >= 11 is 0. The molecule has 4 atom stereocenters. The molecule has 176 valence electrons. The standard InChI is InChI=1S/C23H23N5O6/c1-26-10-9-23-13-6-7-15(25-24-14-3-2-4-16(27(30)31)20(14)28(32)33)22(23)34-21-18(29)8-5-12(19(21)23)11-17(13)26/h2-5,8,13,17,22,24,29H,6-7,9-11H2,1H3/t13-,17+,22-,23-/m0/s1. The van der Waals surface area contributed by atoms with Crippen molar-refractivity contribution in [2.75, 3.05) is 19.0 Å². The number of benzene rings is 2. The van der Waals surface area contributed by atoms with Crippen molar-refractivity contribution in [3.8, 4) is 11.5 Å². The summed E-state index contributed by atoms with van der Waals surface area (Å²) in [5.74, 6) is 0.976. The maximum atomic E-state index is 11.6. The molecule has 2 heterocycles. The lowest BCUT2D eigenvalue weighted by atomic mass is 9.51. The molecule has 1 spiro atoms. The lowest BCUT2D eigenvalue weighted by Gasteiger charge is -2.57. The van der Waals surface area contributed by atoms with Gasteiger partial charge in [-0.3, -0.25) is 25.7 Å². The Kier molecular flexibility index (Phi) is 4.37. The zero-order valence-corrected chi connectivity index (χ0v) is 18.4. The molecule has 1 saturated carbocycles. The quantitative estimate of drug-likeness (QED) is 0.517. The fourth-order valence-corrected chi connectivity index (χ4v) is 6.75. The average Bonchev–Trinajstić information content (AvgIpc) is 3.17. The third-order valence-electron chi connectivity index (χ3n) is 8.12. The Balaban J connectivity index is 1.43. The second-order valence-electron chi connectivity index (χ2n) is 9.54. The Morgan fingerprint density at radius 3 is 2.82 bits per heavy atom. The highest BCUT2D eigenvalue weighted by Crippen LogP contribution is 2.63. The molecule has 2 bridgehead atoms. The van der Waals surface area contributed by atoms with Crippen molar-refractivity contribution in [3.05, 3.63) is 61.7 Å². The number of likely N-dealkylation sites (tertiary alicyclic amines) is 1. The second-order valence-corrected chi connectivity index (χ2v) is 9.54. The van der Waals surface area contributed by atoms with E-state index in [1.165, 1.54) is 17.7 Å². The lowest BCUT2D eigenvalue weighted by Crippen LogP contribution is -2.65. The average molecular weight is 465 g/mol. The van der Waals surface area contributed by atoms with E-state index in [9.17, 15) is 25.3 Å². The van der Waals surface area contributed by atoms with Gasteiger partial charge in [0.25, 0.3) is 0 Å². The van der Waals surface area contributed by atoms with E-state index < -0.39 is 27.3 Å². The molecule has 11 nitrogen and oxygen atoms in total. The van der Waals surface area contributed by atoms with Crippen LogP contribution in [0.1, 0.15) is 30.4 Å². The molecule has 2 aromatic rings. The molecule has 2 aliphatic carbocycles. The number of nitrogens with zero attached hydrogens (tertiary/aromatic N) is 4. The Hall–Kier alpha value is -3.73. The summed E-state index contributed by atoms with van der Waals surface area (Å²) in [6, 6.07) is 7.93. The molecule has 2 N–H and O–H groups in total. The van der Waals surface area contributed by atoms with Gasteiger partial charge in [-0.25, -0.2) is 0 Å². The first kappa shape index (κ1) is 20.8. The van der Waals surface area contributed by atoms with Gasteiger partial charge in [0.1, 0.15) is 11.8 Å². The third kappa shape index (κ3) is 2.64. The topological polar surface area (TPSA) is 143 Å². The van der Waals surface area contributed by atoms with Crippen molar-refractivity contribution in [1.29, 1.82) is 0 Å². The predicted molar refractivity (Wildman–Crippen MR) is 122 cm³/mol. The minimum absolute atomic E-state index is 0.0460. The Bertz CT molecular complexity index is 1280. The SMILES string of the molecule is CN1CC[C@]23c4c5ccc(O)c4O[C@H]2C(=NNc2cccc([N+](=O)[O-])c2[N+](=O)[O-])CC[C@H]3[C@H]1C5. The molecule has 0 unspecified atom stereocenters. The van der Waals surface area contributed by atoms with Crippen molar-refractivity contribution in [2.24, 2.45) is 11.0 Å². The van der Waals surface area contributed by atoms with E-state index in [0.717, 1.165) is 37.4 Å². The van der Waals surface area contributed by atoms with Crippen molar-refractivity contribution in [3.63, 3.8) is 0 Å². The van der Waals surface area contributed by atoms with Crippen LogP contribution in [0.4, 0.5) is 17.1 Å². The number of ether oxygens (including phenoxy) is 1. The van der Waals surface area contributed by atoms with E-state index in [0.29, 0.717) is 29.8 Å². The van der Waals surface area contributed by atoms with Gasteiger partial charge in [-0.2, -0.15) is 5.10 Å². The molecule has 11 heteroatoms. The number of likely N-dealkylation sites (N-methyl/N-ethyl adjacent to an activating group) is 1. The van der Waals surface area contributed by atoms with Gasteiger partial charge in [0.15, 0.2) is 11.5 Å². The summed E-state index contributed by atoms with van der Waals surface area (Å²) in [7, 11) is 2.15. The molecule has 0 amide bonds. The van der Waals surface area contributed by atoms with Crippen LogP contribution in [0.15, 0.2) is 35.4 Å². The fourth-order valence-electron chi connectivity index (χ4n) is 6.75. The number of nitrogens with one attached hydrogen (secondary N) is 1. The largest absolute Gasteiger partial charge is 0.504 e. The van der Waals surface area contributed by atoms with Gasteiger partial charge >= 0.3 is 11.4 Å². The molecular weight excluding hydrogens is 442 g/mol. The zero-order chi connectivity index (χ0) is 23.8. The molecule has 2 fully saturated rings. The van der Waals surface area contributed by atoms with Crippen LogP contribution in [0.2, 0.25) is 0 Å². The van der Waals surface area contributed by atoms with Gasteiger partial charge in [0.05, 0.1) is 15.6 Å². The van der Waals surface area contributed by atoms with E-state index in [4.69, 9.17) is 4.74 Å². The number of nitro benzene ring substituents is 2. The van der Waals surface area contributed by atoms with Gasteiger partial charge in [-0.15, -0.1) is 0 Å². The van der Waals surface area contributed by atoms with Crippen LogP contribution in [-0.2, 0) is 11.8 Å². The maximum Gasteiger partial charge on any atom is 0.370 e. The van der Waals surface area contributed by atoms with E-state index in [1.807, 2.05) is 6.07 Å². The van der Waals surface area contributed by atoms with E-state index in [1.54, 1.807) is 6.07 Å². The summed E-state index contributed by atoms with van der Waals surface area (Å²) in [6.07, 6.45) is 2.86. The third-order valence-corrected chi connectivity index (χ3v) is 8.12. The number of phenols is 1. The smallest absolute Gasteiger partial charge is 0.370 e. The minimum atomic E-state index is -0.775. The number of hydrogen-bond acceptors (Lipinski definition) is 9. The van der Waals surface area contributed by atoms with E-state index in [2.05, 4.69) is 22.5 Å². The molecule has 1 saturated heterocycles. The van der Waals surface area contributed by atoms with Crippen LogP contribution < -0.4 is 10.2 Å². The van der Waals surface area contributed by atoms with Gasteiger partial charge in [0.2, 0.25) is 0 Å². The number of hydrazone groups is 1. The summed E-state index contributed by atoms with van der Waals surface area (Å²) < 4.78 is 6.40. The summed E-state index contributed by atoms with van der Waals surface area (Å²) in [5.41, 5.74) is 4.11. The number of para-hydroxylation sites is 1. The zero-order valence-electron chi connectivity index (χ0n) is 18.4. The number of hydrogen-bond donors (Lipinski definition) is 2. The number of nitro groups is 2. The predicted octanol–water partition coefficient (Wildman–Crippen LogP) is 3.35. The first-order valence-electron chi connectivity index (χ1n) is 11.3. The lowest BCUT2D eigenvalue weighted by molar-refractivity contribution is -0.421. The monoisotopic (exact) mass is 465 g/mol. The van der Waals surface area contributed by atoms with Gasteiger partial charge < -0.3 is 14.7 Å². The highest BCUT2D eigenvalue weighted by Gasteiger charge is 2.64. The summed E-state index contributed by atoms with van der Waals surface area (Å²) in [4.78, 5) is 23.7. The minimum Gasteiger partial charge on any atom is -0.504 e. The number of aromatic hydroxyl groups is 1. The number of phenolic OH excluding ortho intramolecular Hbond substituents is 1. The molecule has 4 aliphatic rings. The number of piperidine rings is 1. The Morgan fingerprint density at radius 2 is 2.06 bits per heavy atom.